The van der Waals surface area contributed by atoms with Gasteiger partial charge in [0, 0.05) is 0 Å². The molecule has 0 aromatic rings. The molecule has 0 unspecified atom stereocenters. The highest BCUT2D eigenvalue weighted by Gasteiger charge is 2.04. The molecule has 0 aliphatic heterocycles. The van der Waals surface area contributed by atoms with Crippen molar-refractivity contribution >= 4 is 0 Å². The lowest BCUT2D eigenvalue weighted by Crippen LogP contribution is -2.27. The quantitative estimate of drug-likeness (QED) is 0.288. The lowest BCUT2D eigenvalue weighted by Gasteiger charge is -2.22. The molecule has 0 aromatic carbocycles. The minimum atomic E-state index is 0.887. The van der Waals surface area contributed by atoms with Crippen LogP contribution < -0.4 is 0 Å². The Morgan fingerprint density at radius 1 is 0.571 bits per heavy atom. The lowest BCUT2D eigenvalue weighted by molar-refractivity contribution is 0.255. The molecule has 128 valence electrons. The fraction of sp³-hybridized carbons (Fsp3) is 1.00. The van der Waals surface area contributed by atoms with Crippen LogP contribution in [0.3, 0.4) is 0 Å². The molecule has 1 heteroatoms. The predicted molar refractivity (Wildman–Crippen MR) is 98.0 cm³/mol. The van der Waals surface area contributed by atoms with Gasteiger partial charge in [-0.25, -0.2) is 0 Å². The zero-order valence-corrected chi connectivity index (χ0v) is 15.6. The summed E-state index contributed by atoms with van der Waals surface area (Å²) in [5.41, 5.74) is 0. The van der Waals surface area contributed by atoms with E-state index in [0.29, 0.717) is 0 Å². The van der Waals surface area contributed by atoms with Gasteiger partial charge in [-0.1, -0.05) is 85.5 Å². The third-order valence-corrected chi connectivity index (χ3v) is 4.41. The van der Waals surface area contributed by atoms with Crippen molar-refractivity contribution in [2.45, 2.75) is 105 Å². The van der Waals surface area contributed by atoms with Crippen molar-refractivity contribution in [2.75, 3.05) is 19.6 Å². The van der Waals surface area contributed by atoms with Crippen molar-refractivity contribution < 1.29 is 0 Å². The molecule has 0 radical (unpaired) electrons. The number of hydrogen-bond donors (Lipinski definition) is 0. The van der Waals surface area contributed by atoms with Gasteiger partial charge in [-0.3, -0.25) is 0 Å². The Morgan fingerprint density at radius 2 is 1.00 bits per heavy atom. The van der Waals surface area contributed by atoms with Gasteiger partial charge in [0.25, 0.3) is 0 Å². The number of nitrogens with zero attached hydrogens (tertiary/aromatic N) is 1. The monoisotopic (exact) mass is 297 g/mol. The molecule has 0 saturated carbocycles. The van der Waals surface area contributed by atoms with Gasteiger partial charge in [-0.15, -0.1) is 0 Å². The fourth-order valence-electron chi connectivity index (χ4n) is 2.92. The standard InChI is InChI=1S/C20H43N/c1-5-7-13-17-21(18-14-8-6-2)19-15-11-9-10-12-16-20(3)4/h20H,5-19H2,1-4H3. The molecule has 0 bridgehead atoms. The van der Waals surface area contributed by atoms with Crippen molar-refractivity contribution in [3.05, 3.63) is 0 Å². The lowest BCUT2D eigenvalue weighted by atomic mass is 10.0. The van der Waals surface area contributed by atoms with Gasteiger partial charge in [0.15, 0.2) is 0 Å². The first kappa shape index (κ1) is 21.0. The van der Waals surface area contributed by atoms with Crippen LogP contribution in [0.25, 0.3) is 0 Å². The minimum absolute atomic E-state index is 0.887. The van der Waals surface area contributed by atoms with Gasteiger partial charge < -0.3 is 4.90 Å². The number of unbranched alkanes of at least 4 members (excludes halogenated alkanes) is 8. The van der Waals surface area contributed by atoms with E-state index < -0.39 is 0 Å². The summed E-state index contributed by atoms with van der Waals surface area (Å²) in [6.45, 7) is 13.3. The maximum Gasteiger partial charge on any atom is -0.00187 e. The van der Waals surface area contributed by atoms with Gasteiger partial charge >= 0.3 is 0 Å². The molecule has 21 heavy (non-hydrogen) atoms. The molecular formula is C20H43N. The van der Waals surface area contributed by atoms with Crippen LogP contribution in [0.15, 0.2) is 0 Å². The fourth-order valence-corrected chi connectivity index (χ4v) is 2.92. The molecule has 0 atom stereocenters. The molecule has 0 saturated heterocycles. The molecule has 0 rings (SSSR count). The van der Waals surface area contributed by atoms with Crippen molar-refractivity contribution in [3.63, 3.8) is 0 Å². The van der Waals surface area contributed by atoms with Crippen molar-refractivity contribution in [1.82, 2.24) is 4.90 Å². The van der Waals surface area contributed by atoms with Crippen LogP contribution in [0.1, 0.15) is 105 Å². The van der Waals surface area contributed by atoms with E-state index in [1.165, 1.54) is 96.7 Å². The van der Waals surface area contributed by atoms with E-state index in [2.05, 4.69) is 32.6 Å². The highest BCUT2D eigenvalue weighted by molar-refractivity contribution is 4.59. The second-order valence-corrected chi connectivity index (χ2v) is 7.21. The van der Waals surface area contributed by atoms with E-state index in [-0.39, 0.29) is 0 Å². The van der Waals surface area contributed by atoms with E-state index in [9.17, 15) is 0 Å². The normalized spacial score (nSPS) is 11.7. The summed E-state index contributed by atoms with van der Waals surface area (Å²) in [4.78, 5) is 2.74. The Bertz CT molecular complexity index is 178. The smallest absolute Gasteiger partial charge is 0.00187 e. The molecule has 0 fully saturated rings. The Labute approximate surface area is 135 Å². The van der Waals surface area contributed by atoms with Gasteiger partial charge in [0.1, 0.15) is 0 Å². The van der Waals surface area contributed by atoms with Crippen molar-refractivity contribution in [2.24, 2.45) is 5.92 Å². The second-order valence-electron chi connectivity index (χ2n) is 7.21. The topological polar surface area (TPSA) is 3.24 Å². The van der Waals surface area contributed by atoms with Gasteiger partial charge in [-0.2, -0.15) is 0 Å². The summed E-state index contributed by atoms with van der Waals surface area (Å²) in [5, 5.41) is 0. The highest BCUT2D eigenvalue weighted by atomic mass is 15.1. The summed E-state index contributed by atoms with van der Waals surface area (Å²) < 4.78 is 0. The van der Waals surface area contributed by atoms with Crippen LogP contribution >= 0.6 is 0 Å². The predicted octanol–water partition coefficient (Wildman–Crippen LogP) is 6.67. The van der Waals surface area contributed by atoms with E-state index in [1.54, 1.807) is 0 Å². The van der Waals surface area contributed by atoms with Crippen molar-refractivity contribution in [3.8, 4) is 0 Å². The van der Waals surface area contributed by atoms with Crippen LogP contribution in [0.2, 0.25) is 0 Å². The SMILES string of the molecule is CCCCCN(CCCCC)CCCCCCCC(C)C. The number of rotatable bonds is 16. The van der Waals surface area contributed by atoms with Crippen LogP contribution in [0, 0.1) is 5.92 Å². The summed E-state index contributed by atoms with van der Waals surface area (Å²) in [7, 11) is 0. The second kappa shape index (κ2) is 16.3. The van der Waals surface area contributed by atoms with Gasteiger partial charge in [0.05, 0.1) is 0 Å². The van der Waals surface area contributed by atoms with E-state index in [1.807, 2.05) is 0 Å². The molecule has 1 nitrogen and oxygen atoms in total. The molecular weight excluding hydrogens is 254 g/mol. The van der Waals surface area contributed by atoms with E-state index >= 15 is 0 Å². The third kappa shape index (κ3) is 16.2. The van der Waals surface area contributed by atoms with E-state index in [4.69, 9.17) is 0 Å². The average Bonchev–Trinajstić information content (AvgIpc) is 2.45. The Hall–Kier alpha value is -0.0400. The Morgan fingerprint density at radius 3 is 1.48 bits per heavy atom. The first-order valence-electron chi connectivity index (χ1n) is 9.93. The molecule has 0 aliphatic rings. The van der Waals surface area contributed by atoms with E-state index in [0.717, 1.165) is 5.92 Å². The summed E-state index contributed by atoms with van der Waals surface area (Å²) >= 11 is 0. The first-order valence-corrected chi connectivity index (χ1v) is 9.93. The van der Waals surface area contributed by atoms with Crippen LogP contribution in [0.5, 0.6) is 0 Å². The van der Waals surface area contributed by atoms with Crippen LogP contribution in [-0.2, 0) is 0 Å². The molecule has 0 spiro atoms. The van der Waals surface area contributed by atoms with Crippen LogP contribution in [0.4, 0.5) is 0 Å². The molecule has 0 heterocycles. The summed E-state index contributed by atoms with van der Waals surface area (Å²) in [5.74, 6) is 0.887. The largest absolute Gasteiger partial charge is 0.303 e. The highest BCUT2D eigenvalue weighted by Crippen LogP contribution is 2.11. The first-order chi connectivity index (χ1) is 10.2. The molecule has 0 N–H and O–H groups in total. The molecule has 0 aromatic heterocycles. The summed E-state index contributed by atoms with van der Waals surface area (Å²) in [6, 6.07) is 0. The molecule has 0 aliphatic carbocycles. The maximum absolute atomic E-state index is 2.74. The summed E-state index contributed by atoms with van der Waals surface area (Å²) in [6.07, 6.45) is 16.9. The van der Waals surface area contributed by atoms with Gasteiger partial charge in [-0.05, 0) is 44.8 Å². The minimum Gasteiger partial charge on any atom is -0.303 e. The third-order valence-electron chi connectivity index (χ3n) is 4.41. The zero-order chi connectivity index (χ0) is 15.8. The van der Waals surface area contributed by atoms with Crippen molar-refractivity contribution in [1.29, 1.82) is 0 Å². The van der Waals surface area contributed by atoms with Crippen LogP contribution in [-0.4, -0.2) is 24.5 Å². The van der Waals surface area contributed by atoms with Gasteiger partial charge in [0.2, 0.25) is 0 Å². The zero-order valence-electron chi connectivity index (χ0n) is 15.6. The number of hydrogen-bond acceptors (Lipinski definition) is 1. The maximum atomic E-state index is 2.74. The molecule has 0 amide bonds. The average molecular weight is 298 g/mol. The Kier molecular flexibility index (Phi) is 16.3. The Balaban J connectivity index is 3.58.